The van der Waals surface area contributed by atoms with Crippen LogP contribution in [0.2, 0.25) is 0 Å². The van der Waals surface area contributed by atoms with Gasteiger partial charge < -0.3 is 19.2 Å². The number of amides is 2. The van der Waals surface area contributed by atoms with Crippen LogP contribution in [-0.2, 0) is 11.3 Å². The first-order valence-corrected chi connectivity index (χ1v) is 10.8. The van der Waals surface area contributed by atoms with Crippen molar-refractivity contribution in [3.8, 4) is 11.3 Å². The Morgan fingerprint density at radius 1 is 1.12 bits per heavy atom. The van der Waals surface area contributed by atoms with E-state index in [0.717, 1.165) is 16.9 Å². The molecule has 0 saturated heterocycles. The minimum Gasteiger partial charge on any atom is -0.466 e. The number of nitrogens with one attached hydrogen (secondary N) is 1. The molecule has 3 heterocycles. The van der Waals surface area contributed by atoms with Crippen molar-refractivity contribution in [3.63, 3.8) is 0 Å². The van der Waals surface area contributed by atoms with E-state index < -0.39 is 0 Å². The highest BCUT2D eigenvalue weighted by atomic mass is 16.5. The van der Waals surface area contributed by atoms with Gasteiger partial charge in [0, 0.05) is 31.3 Å². The van der Waals surface area contributed by atoms with Crippen LogP contribution in [0.25, 0.3) is 22.4 Å². The molecule has 4 rings (SSSR count). The van der Waals surface area contributed by atoms with Gasteiger partial charge >= 0.3 is 0 Å². The summed E-state index contributed by atoms with van der Waals surface area (Å²) in [6.07, 6.45) is 0. The zero-order valence-electron chi connectivity index (χ0n) is 19.4. The molecule has 8 nitrogen and oxygen atoms in total. The van der Waals surface area contributed by atoms with Gasteiger partial charge in [-0.1, -0.05) is 23.4 Å². The highest BCUT2D eigenvalue weighted by Crippen LogP contribution is 2.31. The molecule has 0 spiro atoms. The number of anilines is 1. The second-order valence-corrected chi connectivity index (χ2v) is 7.97. The lowest BCUT2D eigenvalue weighted by Crippen LogP contribution is -2.28. The van der Waals surface area contributed by atoms with Gasteiger partial charge in [-0.15, -0.1) is 0 Å². The largest absolute Gasteiger partial charge is 0.466 e. The number of para-hydroxylation sites is 1. The fraction of sp³-hybridized carbons (Fsp3) is 0.280. The Hall–Kier alpha value is -3.94. The van der Waals surface area contributed by atoms with E-state index in [1.807, 2.05) is 51.1 Å². The lowest BCUT2D eigenvalue weighted by atomic mass is 10.0. The van der Waals surface area contributed by atoms with Gasteiger partial charge in [-0.05, 0) is 51.5 Å². The fourth-order valence-corrected chi connectivity index (χ4v) is 3.92. The Kier molecular flexibility index (Phi) is 6.00. The van der Waals surface area contributed by atoms with Gasteiger partial charge in [0.1, 0.15) is 11.5 Å². The van der Waals surface area contributed by atoms with Gasteiger partial charge in [0.05, 0.1) is 22.3 Å². The van der Waals surface area contributed by atoms with E-state index in [2.05, 4.69) is 15.5 Å². The van der Waals surface area contributed by atoms with Crippen LogP contribution in [0.4, 0.5) is 5.69 Å². The number of fused-ring (bicyclic) bond motifs is 1. The molecule has 0 aliphatic heterocycles. The molecular weight excluding hydrogens is 420 g/mol. The summed E-state index contributed by atoms with van der Waals surface area (Å²) in [4.78, 5) is 31.7. The lowest BCUT2D eigenvalue weighted by molar-refractivity contribution is -0.129. The number of hydrogen-bond acceptors (Lipinski definition) is 6. The molecule has 0 aliphatic rings. The SMILES string of the molecule is CCN(Cc1ccccc1NC(=O)c1cc(-c2cc(C)oc2C)nc2onc(C)c12)C(C)=O. The number of furan rings is 1. The second kappa shape index (κ2) is 8.90. The number of rotatable bonds is 6. The highest BCUT2D eigenvalue weighted by molar-refractivity contribution is 6.13. The predicted octanol–water partition coefficient (Wildman–Crippen LogP) is 5.03. The molecular formula is C25H26N4O4. The van der Waals surface area contributed by atoms with Crippen molar-refractivity contribution < 1.29 is 18.5 Å². The molecule has 170 valence electrons. The monoisotopic (exact) mass is 446 g/mol. The van der Waals surface area contributed by atoms with Crippen LogP contribution < -0.4 is 5.32 Å². The van der Waals surface area contributed by atoms with Gasteiger partial charge in [0.25, 0.3) is 11.6 Å². The minimum absolute atomic E-state index is 0.0232. The van der Waals surface area contributed by atoms with Crippen molar-refractivity contribution in [2.45, 2.75) is 41.2 Å². The van der Waals surface area contributed by atoms with E-state index in [4.69, 9.17) is 8.94 Å². The van der Waals surface area contributed by atoms with Gasteiger partial charge in [-0.3, -0.25) is 9.59 Å². The molecule has 1 N–H and O–H groups in total. The van der Waals surface area contributed by atoms with Crippen molar-refractivity contribution in [3.05, 3.63) is 64.7 Å². The fourth-order valence-electron chi connectivity index (χ4n) is 3.92. The quantitative estimate of drug-likeness (QED) is 0.446. The minimum atomic E-state index is -0.314. The van der Waals surface area contributed by atoms with Gasteiger partial charge in [0.15, 0.2) is 0 Å². The Morgan fingerprint density at radius 3 is 2.55 bits per heavy atom. The van der Waals surface area contributed by atoms with Crippen molar-refractivity contribution in [1.82, 2.24) is 15.0 Å². The summed E-state index contributed by atoms with van der Waals surface area (Å²) >= 11 is 0. The smallest absolute Gasteiger partial charge is 0.259 e. The maximum absolute atomic E-state index is 13.5. The number of aromatic nitrogens is 2. The van der Waals surface area contributed by atoms with Crippen molar-refractivity contribution in [1.29, 1.82) is 0 Å². The molecule has 0 atom stereocenters. The van der Waals surface area contributed by atoms with Gasteiger partial charge in [0.2, 0.25) is 5.91 Å². The highest BCUT2D eigenvalue weighted by Gasteiger charge is 2.22. The van der Waals surface area contributed by atoms with E-state index >= 15 is 0 Å². The zero-order chi connectivity index (χ0) is 23.7. The summed E-state index contributed by atoms with van der Waals surface area (Å²) < 4.78 is 11.0. The molecule has 3 aromatic heterocycles. The lowest BCUT2D eigenvalue weighted by Gasteiger charge is -2.21. The first-order chi connectivity index (χ1) is 15.8. The summed E-state index contributed by atoms with van der Waals surface area (Å²) in [5.74, 6) is 1.12. The number of hydrogen-bond donors (Lipinski definition) is 1. The molecule has 1 aromatic carbocycles. The third-order valence-electron chi connectivity index (χ3n) is 5.63. The van der Waals surface area contributed by atoms with Gasteiger partial charge in [-0.2, -0.15) is 0 Å². The van der Waals surface area contributed by atoms with Gasteiger partial charge in [-0.25, -0.2) is 4.98 Å². The van der Waals surface area contributed by atoms with Crippen molar-refractivity contribution >= 4 is 28.6 Å². The summed E-state index contributed by atoms with van der Waals surface area (Å²) in [5, 5.41) is 7.58. The third-order valence-corrected chi connectivity index (χ3v) is 5.63. The first kappa shape index (κ1) is 22.3. The van der Waals surface area contributed by atoms with Crippen LogP contribution in [0.3, 0.4) is 0 Å². The second-order valence-electron chi connectivity index (χ2n) is 7.97. The van der Waals surface area contributed by atoms with E-state index in [1.54, 1.807) is 17.9 Å². The van der Waals surface area contributed by atoms with Crippen molar-refractivity contribution in [2.24, 2.45) is 0 Å². The summed E-state index contributed by atoms with van der Waals surface area (Å²) in [6.45, 7) is 9.93. The van der Waals surface area contributed by atoms with E-state index in [9.17, 15) is 9.59 Å². The maximum Gasteiger partial charge on any atom is 0.259 e. The van der Waals surface area contributed by atoms with Crippen molar-refractivity contribution in [2.75, 3.05) is 11.9 Å². The number of aryl methyl sites for hydroxylation is 3. The Balaban J connectivity index is 1.74. The predicted molar refractivity (Wildman–Crippen MR) is 125 cm³/mol. The molecule has 33 heavy (non-hydrogen) atoms. The average Bonchev–Trinajstić information content (AvgIpc) is 3.33. The standard InChI is InChI=1S/C25H26N4O4/c1-6-29(17(5)30)13-18-9-7-8-10-21(18)26-24(31)20-12-22(19-11-14(2)32-16(19)4)27-25-23(20)15(3)28-33-25/h7-12H,6,13H2,1-5H3,(H,26,31). The molecule has 2 amide bonds. The van der Waals surface area contributed by atoms with Crippen LogP contribution >= 0.6 is 0 Å². The van der Waals surface area contributed by atoms with E-state index in [0.29, 0.717) is 46.9 Å². The normalized spacial score (nSPS) is 11.1. The summed E-state index contributed by atoms with van der Waals surface area (Å²) in [5.41, 5.74) is 4.11. The van der Waals surface area contributed by atoms with Crippen LogP contribution in [0.5, 0.6) is 0 Å². The Bertz CT molecular complexity index is 1350. The molecule has 0 unspecified atom stereocenters. The topological polar surface area (TPSA) is 101 Å². The first-order valence-electron chi connectivity index (χ1n) is 10.8. The van der Waals surface area contributed by atoms with E-state index in [-0.39, 0.29) is 17.5 Å². The maximum atomic E-state index is 13.5. The van der Waals surface area contributed by atoms with E-state index in [1.165, 1.54) is 6.92 Å². The molecule has 0 fully saturated rings. The number of carbonyl (C=O) groups excluding carboxylic acids is 2. The van der Waals surface area contributed by atoms with Crippen LogP contribution in [-0.4, -0.2) is 33.4 Å². The molecule has 0 aliphatic carbocycles. The zero-order valence-corrected chi connectivity index (χ0v) is 19.4. The summed E-state index contributed by atoms with van der Waals surface area (Å²) in [7, 11) is 0. The van der Waals surface area contributed by atoms with Crippen LogP contribution in [0.1, 0.15) is 47.0 Å². The molecule has 4 aromatic rings. The Labute approximate surface area is 191 Å². The third kappa shape index (κ3) is 4.37. The molecule has 0 saturated carbocycles. The average molecular weight is 447 g/mol. The van der Waals surface area contributed by atoms with Crippen LogP contribution in [0.15, 0.2) is 45.3 Å². The Morgan fingerprint density at radius 2 is 1.88 bits per heavy atom. The summed E-state index contributed by atoms with van der Waals surface area (Å²) in [6, 6.07) is 11.1. The number of carbonyl (C=O) groups is 2. The number of nitrogens with zero attached hydrogens (tertiary/aromatic N) is 3. The number of benzene rings is 1. The number of pyridine rings is 1. The van der Waals surface area contributed by atoms with Crippen LogP contribution in [0, 0.1) is 20.8 Å². The molecule has 0 bridgehead atoms. The molecule has 8 heteroatoms. The molecule has 0 radical (unpaired) electrons.